The van der Waals surface area contributed by atoms with Crippen molar-refractivity contribution in [1.82, 2.24) is 9.47 Å². The summed E-state index contributed by atoms with van der Waals surface area (Å²) in [5.74, 6) is -1.16. The van der Waals surface area contributed by atoms with Crippen molar-refractivity contribution in [2.45, 2.75) is 37.1 Å². The molecule has 0 saturated carbocycles. The predicted octanol–water partition coefficient (Wildman–Crippen LogP) is 4.12. The number of anilines is 1. The molecule has 2 amide bonds. The highest BCUT2D eigenvalue weighted by atomic mass is 35.5. The fourth-order valence-electron chi connectivity index (χ4n) is 4.37. The van der Waals surface area contributed by atoms with Crippen molar-refractivity contribution in [2.75, 3.05) is 31.3 Å². The van der Waals surface area contributed by atoms with Crippen molar-refractivity contribution in [1.29, 1.82) is 0 Å². The van der Waals surface area contributed by atoms with Gasteiger partial charge in [-0.15, -0.1) is 0 Å². The van der Waals surface area contributed by atoms with E-state index in [2.05, 4.69) is 5.32 Å². The first kappa shape index (κ1) is 25.1. The summed E-state index contributed by atoms with van der Waals surface area (Å²) >= 11 is 6.00. The Balaban J connectivity index is 1.57. The second-order valence-corrected chi connectivity index (χ2v) is 11.0. The minimum Gasteiger partial charge on any atom is -0.495 e. The van der Waals surface area contributed by atoms with Crippen molar-refractivity contribution in [3.8, 4) is 5.75 Å². The highest BCUT2D eigenvalue weighted by molar-refractivity contribution is 7.92. The van der Waals surface area contributed by atoms with Crippen LogP contribution >= 0.6 is 11.6 Å². The molecular weight excluding hydrogens is 490 g/mol. The Morgan fingerprint density at radius 2 is 1.77 bits per heavy atom. The molecule has 1 N–H and O–H groups in total. The third-order valence-electron chi connectivity index (χ3n) is 6.11. The Hall–Kier alpha value is -3.04. The molecule has 1 saturated heterocycles. The molecule has 1 aromatic heterocycles. The van der Waals surface area contributed by atoms with Gasteiger partial charge in [-0.05, 0) is 37.1 Å². The van der Waals surface area contributed by atoms with Crippen molar-refractivity contribution in [3.63, 3.8) is 0 Å². The lowest BCUT2D eigenvalue weighted by Gasteiger charge is -2.20. The van der Waals surface area contributed by atoms with E-state index in [0.29, 0.717) is 21.7 Å². The number of sulfone groups is 1. The summed E-state index contributed by atoms with van der Waals surface area (Å²) in [5.41, 5.74) is 0.914. The quantitative estimate of drug-likeness (QED) is 0.508. The average Bonchev–Trinajstić information content (AvgIpc) is 2.99. The number of para-hydroxylation sites is 1. The standard InChI is InChI=1S/C25H28ClN3O5S/c1-34-22-11-10-18(26)14-20(22)27-24(30)17-35(32,33)23-15-29(21-9-5-4-8-19(21)23)16-25(31)28-12-6-2-3-7-13-28/h4-5,8-11,14-15H,2-3,6-7,12-13,16-17H2,1H3,(H,27,30). The minimum atomic E-state index is -4.01. The lowest BCUT2D eigenvalue weighted by molar-refractivity contribution is -0.131. The first-order chi connectivity index (χ1) is 16.8. The van der Waals surface area contributed by atoms with Gasteiger partial charge in [0.15, 0.2) is 9.84 Å². The van der Waals surface area contributed by atoms with Crippen LogP contribution < -0.4 is 10.1 Å². The summed E-state index contributed by atoms with van der Waals surface area (Å²) < 4.78 is 33.4. The maximum Gasteiger partial charge on any atom is 0.242 e. The Morgan fingerprint density at radius 1 is 1.06 bits per heavy atom. The van der Waals surface area contributed by atoms with E-state index in [1.807, 2.05) is 4.90 Å². The monoisotopic (exact) mass is 517 g/mol. The second kappa shape index (κ2) is 10.7. The van der Waals surface area contributed by atoms with Crippen LogP contribution in [0.3, 0.4) is 0 Å². The fraction of sp³-hybridized carbons (Fsp3) is 0.360. The van der Waals surface area contributed by atoms with E-state index in [0.717, 1.165) is 38.8 Å². The summed E-state index contributed by atoms with van der Waals surface area (Å²) in [6.07, 6.45) is 5.64. The normalized spacial score (nSPS) is 14.5. The molecule has 0 spiro atoms. The number of ether oxygens (including phenoxy) is 1. The maximum atomic E-state index is 13.3. The fourth-order valence-corrected chi connectivity index (χ4v) is 5.91. The number of nitrogens with zero attached hydrogens (tertiary/aromatic N) is 2. The van der Waals surface area contributed by atoms with Crippen LogP contribution in [0.1, 0.15) is 25.7 Å². The summed E-state index contributed by atoms with van der Waals surface area (Å²) in [6, 6.07) is 11.7. The van der Waals surface area contributed by atoms with E-state index in [1.54, 1.807) is 41.0 Å². The van der Waals surface area contributed by atoms with Gasteiger partial charge >= 0.3 is 0 Å². The van der Waals surface area contributed by atoms with Crippen molar-refractivity contribution < 1.29 is 22.7 Å². The molecule has 0 unspecified atom stereocenters. The van der Waals surface area contributed by atoms with Crippen LogP contribution in [0.25, 0.3) is 10.9 Å². The minimum absolute atomic E-state index is 0.0185. The summed E-state index contributed by atoms with van der Waals surface area (Å²) in [5, 5.41) is 3.42. The van der Waals surface area contributed by atoms with Gasteiger partial charge in [-0.2, -0.15) is 0 Å². The molecule has 2 heterocycles. The van der Waals surface area contributed by atoms with Gasteiger partial charge in [0.05, 0.1) is 17.7 Å². The van der Waals surface area contributed by atoms with Crippen molar-refractivity contribution in [2.24, 2.45) is 0 Å². The number of nitrogens with one attached hydrogen (secondary N) is 1. The number of aromatic nitrogens is 1. The number of fused-ring (bicyclic) bond motifs is 1. The SMILES string of the molecule is COc1ccc(Cl)cc1NC(=O)CS(=O)(=O)c1cn(CC(=O)N2CCCCCC2)c2ccccc12. The molecule has 1 aliphatic rings. The highest BCUT2D eigenvalue weighted by Crippen LogP contribution is 2.29. The van der Waals surface area contributed by atoms with E-state index >= 15 is 0 Å². The molecule has 0 radical (unpaired) electrons. The van der Waals surface area contributed by atoms with E-state index in [9.17, 15) is 18.0 Å². The molecule has 186 valence electrons. The zero-order valence-corrected chi connectivity index (χ0v) is 21.1. The van der Waals surface area contributed by atoms with Crippen LogP contribution in [0.5, 0.6) is 5.75 Å². The number of amides is 2. The molecule has 2 aromatic carbocycles. The number of likely N-dealkylation sites (tertiary alicyclic amines) is 1. The zero-order valence-electron chi connectivity index (χ0n) is 19.5. The molecule has 35 heavy (non-hydrogen) atoms. The van der Waals surface area contributed by atoms with Gasteiger partial charge < -0.3 is 19.5 Å². The van der Waals surface area contributed by atoms with E-state index in [-0.39, 0.29) is 23.0 Å². The molecule has 0 aliphatic carbocycles. The molecule has 1 aliphatic heterocycles. The third kappa shape index (κ3) is 5.79. The number of carbonyl (C=O) groups excluding carboxylic acids is 2. The Bertz CT molecular complexity index is 1340. The van der Waals surface area contributed by atoms with Crippen LogP contribution in [0.15, 0.2) is 53.6 Å². The molecule has 8 nitrogen and oxygen atoms in total. The van der Waals surface area contributed by atoms with E-state index < -0.39 is 21.5 Å². The summed E-state index contributed by atoms with van der Waals surface area (Å²) in [7, 11) is -2.57. The molecule has 4 rings (SSSR count). The number of halogens is 1. The summed E-state index contributed by atoms with van der Waals surface area (Å²) in [6.45, 7) is 1.48. The first-order valence-corrected chi connectivity index (χ1v) is 13.5. The number of hydrogen-bond donors (Lipinski definition) is 1. The van der Waals surface area contributed by atoms with Gasteiger partial charge in [-0.3, -0.25) is 9.59 Å². The van der Waals surface area contributed by atoms with Crippen LogP contribution in [-0.4, -0.2) is 55.7 Å². The van der Waals surface area contributed by atoms with Crippen LogP contribution in [-0.2, 0) is 26.0 Å². The predicted molar refractivity (Wildman–Crippen MR) is 136 cm³/mol. The number of methoxy groups -OCH3 is 1. The lowest BCUT2D eigenvalue weighted by atomic mass is 10.2. The Kier molecular flexibility index (Phi) is 7.66. The van der Waals surface area contributed by atoms with Crippen molar-refractivity contribution >= 4 is 49.8 Å². The topological polar surface area (TPSA) is 97.7 Å². The van der Waals surface area contributed by atoms with E-state index in [1.165, 1.54) is 19.4 Å². The molecule has 10 heteroatoms. The molecule has 0 atom stereocenters. The highest BCUT2D eigenvalue weighted by Gasteiger charge is 2.26. The van der Waals surface area contributed by atoms with Gasteiger partial charge in [-0.25, -0.2) is 8.42 Å². The molecular formula is C25H28ClN3O5S. The van der Waals surface area contributed by atoms with Crippen molar-refractivity contribution in [3.05, 3.63) is 53.7 Å². The average molecular weight is 518 g/mol. The molecule has 0 bridgehead atoms. The zero-order chi connectivity index (χ0) is 25.0. The van der Waals surface area contributed by atoms with Gasteiger partial charge in [0, 0.05) is 35.2 Å². The van der Waals surface area contributed by atoms with Crippen LogP contribution in [0.2, 0.25) is 5.02 Å². The number of carbonyl (C=O) groups is 2. The summed E-state index contributed by atoms with van der Waals surface area (Å²) in [4.78, 5) is 27.5. The second-order valence-electron chi connectivity index (χ2n) is 8.59. The Morgan fingerprint density at radius 3 is 2.49 bits per heavy atom. The molecule has 1 fully saturated rings. The lowest BCUT2D eigenvalue weighted by Crippen LogP contribution is -2.34. The van der Waals surface area contributed by atoms with Gasteiger partial charge in [-0.1, -0.05) is 42.6 Å². The number of benzene rings is 2. The van der Waals surface area contributed by atoms with Gasteiger partial charge in [0.1, 0.15) is 18.0 Å². The number of rotatable bonds is 7. The maximum absolute atomic E-state index is 13.3. The molecule has 3 aromatic rings. The largest absolute Gasteiger partial charge is 0.495 e. The smallest absolute Gasteiger partial charge is 0.242 e. The third-order valence-corrected chi connectivity index (χ3v) is 7.98. The van der Waals surface area contributed by atoms with Gasteiger partial charge in [0.2, 0.25) is 11.8 Å². The Labute approximate surface area is 209 Å². The first-order valence-electron chi connectivity index (χ1n) is 11.5. The van der Waals surface area contributed by atoms with Gasteiger partial charge in [0.25, 0.3) is 0 Å². The number of hydrogen-bond acceptors (Lipinski definition) is 5. The van der Waals surface area contributed by atoms with Crippen LogP contribution in [0, 0.1) is 0 Å². The van der Waals surface area contributed by atoms with E-state index in [4.69, 9.17) is 16.3 Å². The van der Waals surface area contributed by atoms with Crippen LogP contribution in [0.4, 0.5) is 5.69 Å².